The molecule has 2 aromatic rings. The van der Waals surface area contributed by atoms with Gasteiger partial charge in [-0.15, -0.1) is 0 Å². The molecule has 0 fully saturated rings. The van der Waals surface area contributed by atoms with Gasteiger partial charge in [0.1, 0.15) is 0 Å². The van der Waals surface area contributed by atoms with Crippen molar-refractivity contribution in [1.29, 1.82) is 0 Å². The largest absolute Gasteiger partial charge is 0.481 e. The maximum Gasteiger partial charge on any atom is 0.309 e. The van der Waals surface area contributed by atoms with E-state index in [9.17, 15) is 19.7 Å². The van der Waals surface area contributed by atoms with E-state index in [0.29, 0.717) is 17.4 Å². The number of carboxylic acid groups (broad SMARTS) is 1. The maximum atomic E-state index is 12.0. The number of carbonyl (C=O) groups excluding carboxylic acids is 1. The third-order valence-electron chi connectivity index (χ3n) is 3.96. The van der Waals surface area contributed by atoms with Crippen molar-refractivity contribution in [2.45, 2.75) is 26.7 Å². The first-order valence-corrected chi connectivity index (χ1v) is 7.45. The average Bonchev–Trinajstić information content (AvgIpc) is 2.89. The van der Waals surface area contributed by atoms with Crippen LogP contribution in [0.4, 0.5) is 5.69 Å². The van der Waals surface area contributed by atoms with Crippen LogP contribution in [0.15, 0.2) is 24.4 Å². The van der Waals surface area contributed by atoms with Crippen LogP contribution in [0.5, 0.6) is 0 Å². The fraction of sp³-hybridized carbons (Fsp3) is 0.375. The zero-order chi connectivity index (χ0) is 17.9. The van der Waals surface area contributed by atoms with Gasteiger partial charge in [0, 0.05) is 35.8 Å². The first kappa shape index (κ1) is 17.5. The SMILES string of the molecule is CC(C)(CCNC(=O)Cc1c[nH]c2ccc([N+](=O)[O-])cc12)C(=O)O. The van der Waals surface area contributed by atoms with Gasteiger partial charge in [-0.1, -0.05) is 0 Å². The number of carboxylic acids is 1. The Morgan fingerprint density at radius 1 is 1.38 bits per heavy atom. The number of hydrogen-bond acceptors (Lipinski definition) is 4. The van der Waals surface area contributed by atoms with Gasteiger partial charge < -0.3 is 15.4 Å². The number of aromatic amines is 1. The molecule has 0 aliphatic heterocycles. The van der Waals surface area contributed by atoms with Crippen molar-refractivity contribution in [3.05, 3.63) is 40.1 Å². The summed E-state index contributed by atoms with van der Waals surface area (Å²) in [5.41, 5.74) is 0.431. The van der Waals surface area contributed by atoms with Crippen LogP contribution < -0.4 is 5.32 Å². The molecule has 0 atom stereocenters. The number of amides is 1. The van der Waals surface area contributed by atoms with Gasteiger partial charge in [0.05, 0.1) is 16.8 Å². The Labute approximate surface area is 138 Å². The summed E-state index contributed by atoms with van der Waals surface area (Å²) in [5.74, 6) is -1.18. The van der Waals surface area contributed by atoms with E-state index in [4.69, 9.17) is 5.11 Å². The van der Waals surface area contributed by atoms with Gasteiger partial charge in [-0.3, -0.25) is 19.7 Å². The lowest BCUT2D eigenvalue weighted by Crippen LogP contribution is -2.32. The first-order valence-electron chi connectivity index (χ1n) is 7.45. The number of nitrogens with one attached hydrogen (secondary N) is 2. The Hall–Kier alpha value is -2.90. The molecule has 1 amide bonds. The summed E-state index contributed by atoms with van der Waals surface area (Å²) in [6.45, 7) is 3.45. The molecule has 1 aromatic heterocycles. The van der Waals surface area contributed by atoms with E-state index in [1.165, 1.54) is 12.1 Å². The monoisotopic (exact) mass is 333 g/mol. The first-order chi connectivity index (χ1) is 11.2. The highest BCUT2D eigenvalue weighted by atomic mass is 16.6. The number of H-pyrrole nitrogens is 1. The summed E-state index contributed by atoms with van der Waals surface area (Å²) in [6.07, 6.45) is 2.03. The van der Waals surface area contributed by atoms with E-state index in [2.05, 4.69) is 10.3 Å². The molecule has 0 bridgehead atoms. The van der Waals surface area contributed by atoms with Crippen LogP contribution in [-0.4, -0.2) is 33.4 Å². The van der Waals surface area contributed by atoms with Crippen LogP contribution in [0.2, 0.25) is 0 Å². The third kappa shape index (κ3) is 3.89. The Morgan fingerprint density at radius 2 is 2.08 bits per heavy atom. The summed E-state index contributed by atoms with van der Waals surface area (Å²) >= 11 is 0. The predicted octanol–water partition coefficient (Wildman–Crippen LogP) is 2.24. The second-order valence-electron chi connectivity index (χ2n) is 6.27. The summed E-state index contributed by atoms with van der Waals surface area (Å²) < 4.78 is 0. The van der Waals surface area contributed by atoms with E-state index in [1.807, 2.05) is 0 Å². The molecular weight excluding hydrogens is 314 g/mol. The molecule has 24 heavy (non-hydrogen) atoms. The van der Waals surface area contributed by atoms with Crippen molar-refractivity contribution in [2.75, 3.05) is 6.54 Å². The Morgan fingerprint density at radius 3 is 2.71 bits per heavy atom. The summed E-state index contributed by atoms with van der Waals surface area (Å²) in [5, 5.41) is 23.2. The molecule has 2 rings (SSSR count). The van der Waals surface area contributed by atoms with Crippen LogP contribution in [-0.2, 0) is 16.0 Å². The van der Waals surface area contributed by atoms with Crippen molar-refractivity contribution < 1.29 is 19.6 Å². The van der Waals surface area contributed by atoms with Crippen molar-refractivity contribution >= 4 is 28.5 Å². The van der Waals surface area contributed by atoms with Crippen LogP contribution in [0.25, 0.3) is 10.9 Å². The predicted molar refractivity (Wildman–Crippen MR) is 87.7 cm³/mol. The number of aromatic nitrogens is 1. The molecule has 3 N–H and O–H groups in total. The molecule has 128 valence electrons. The standard InChI is InChI=1S/C16H19N3O5/c1-16(2,15(21)22)5-6-17-14(20)7-10-9-18-13-4-3-11(19(23)24)8-12(10)13/h3-4,8-9,18H,5-7H2,1-2H3,(H,17,20)(H,21,22). The second-order valence-corrected chi connectivity index (χ2v) is 6.27. The number of fused-ring (bicyclic) bond motifs is 1. The quantitative estimate of drug-likeness (QED) is 0.529. The zero-order valence-electron chi connectivity index (χ0n) is 13.5. The topological polar surface area (TPSA) is 125 Å². The summed E-state index contributed by atoms with van der Waals surface area (Å²) in [7, 11) is 0. The van der Waals surface area contributed by atoms with E-state index < -0.39 is 16.3 Å². The second kappa shape index (κ2) is 6.69. The van der Waals surface area contributed by atoms with Gasteiger partial charge in [0.2, 0.25) is 5.91 Å². The third-order valence-corrected chi connectivity index (χ3v) is 3.96. The van der Waals surface area contributed by atoms with Gasteiger partial charge in [-0.25, -0.2) is 0 Å². The number of rotatable bonds is 7. The Bertz CT molecular complexity index is 794. The highest BCUT2D eigenvalue weighted by Gasteiger charge is 2.26. The summed E-state index contributed by atoms with van der Waals surface area (Å²) in [4.78, 5) is 36.4. The Kier molecular flexibility index (Phi) is 4.87. The van der Waals surface area contributed by atoms with Crippen LogP contribution in [0.1, 0.15) is 25.8 Å². The number of carbonyl (C=O) groups is 2. The number of aliphatic carboxylic acids is 1. The minimum absolute atomic E-state index is 0.0352. The molecule has 0 aliphatic carbocycles. The van der Waals surface area contributed by atoms with E-state index >= 15 is 0 Å². The molecule has 0 radical (unpaired) electrons. The van der Waals surface area contributed by atoms with Gasteiger partial charge >= 0.3 is 5.97 Å². The average molecular weight is 333 g/mol. The highest BCUT2D eigenvalue weighted by Crippen LogP contribution is 2.24. The van der Waals surface area contributed by atoms with E-state index in [0.717, 1.165) is 5.52 Å². The number of non-ortho nitro benzene ring substituents is 1. The van der Waals surface area contributed by atoms with Crippen molar-refractivity contribution in [3.63, 3.8) is 0 Å². The molecule has 1 heterocycles. The van der Waals surface area contributed by atoms with Crippen LogP contribution in [0, 0.1) is 15.5 Å². The van der Waals surface area contributed by atoms with Crippen molar-refractivity contribution in [2.24, 2.45) is 5.41 Å². The molecule has 0 saturated carbocycles. The minimum Gasteiger partial charge on any atom is -0.481 e. The number of nitro groups is 1. The molecule has 1 aromatic carbocycles. The fourth-order valence-corrected chi connectivity index (χ4v) is 2.28. The van der Waals surface area contributed by atoms with Crippen LogP contribution >= 0.6 is 0 Å². The number of nitro benzene ring substituents is 1. The molecule has 0 unspecified atom stereocenters. The molecule has 8 nitrogen and oxygen atoms in total. The number of nitrogens with zero attached hydrogens (tertiary/aromatic N) is 1. The molecule has 8 heteroatoms. The van der Waals surface area contributed by atoms with Crippen molar-refractivity contribution in [1.82, 2.24) is 10.3 Å². The molecule has 0 spiro atoms. The van der Waals surface area contributed by atoms with Gasteiger partial charge in [0.15, 0.2) is 0 Å². The molecule has 0 aliphatic rings. The minimum atomic E-state index is -0.916. The summed E-state index contributed by atoms with van der Waals surface area (Å²) in [6, 6.07) is 4.43. The normalized spacial score (nSPS) is 11.4. The van der Waals surface area contributed by atoms with Gasteiger partial charge in [-0.05, 0) is 31.9 Å². The smallest absolute Gasteiger partial charge is 0.309 e. The highest BCUT2D eigenvalue weighted by molar-refractivity contribution is 5.90. The fourth-order valence-electron chi connectivity index (χ4n) is 2.28. The lowest BCUT2D eigenvalue weighted by atomic mass is 9.90. The van der Waals surface area contributed by atoms with E-state index in [1.54, 1.807) is 26.1 Å². The van der Waals surface area contributed by atoms with Crippen molar-refractivity contribution in [3.8, 4) is 0 Å². The molecular formula is C16H19N3O5. The Balaban J connectivity index is 2.02. The number of benzene rings is 1. The zero-order valence-corrected chi connectivity index (χ0v) is 13.5. The lowest BCUT2D eigenvalue weighted by molar-refractivity contribution is -0.384. The molecule has 0 saturated heterocycles. The lowest BCUT2D eigenvalue weighted by Gasteiger charge is -2.18. The maximum absolute atomic E-state index is 12.0. The van der Waals surface area contributed by atoms with Crippen LogP contribution in [0.3, 0.4) is 0 Å². The van der Waals surface area contributed by atoms with Gasteiger partial charge in [0.25, 0.3) is 5.69 Å². The number of hydrogen-bond donors (Lipinski definition) is 3. The van der Waals surface area contributed by atoms with E-state index in [-0.39, 0.29) is 24.6 Å². The van der Waals surface area contributed by atoms with Gasteiger partial charge in [-0.2, -0.15) is 0 Å².